The average Bonchev–Trinajstić information content (AvgIpc) is 1.61. The van der Waals surface area contributed by atoms with Crippen LogP contribution in [0.15, 0.2) is 0 Å². The van der Waals surface area contributed by atoms with Gasteiger partial charge in [0, 0.05) is 75.9 Å². The fourth-order valence-corrected chi connectivity index (χ4v) is 34.4. The number of thioether (sulfide) groups is 1. The minimum Gasteiger partial charge on any atom is -0.463 e. The Morgan fingerprint density at radius 3 is 0.926 bits per heavy atom. The molecule has 2 amide bonds. The van der Waals surface area contributed by atoms with Crippen LogP contribution in [0.25, 0.3) is 0 Å². The molecular weight excluding hydrogens is 1910 g/mol. The van der Waals surface area contributed by atoms with Gasteiger partial charge in [0.25, 0.3) is 60.7 Å². The third-order valence-electron chi connectivity index (χ3n) is 32.7. The van der Waals surface area contributed by atoms with Crippen LogP contribution in [0.3, 0.4) is 0 Å². The summed E-state index contributed by atoms with van der Waals surface area (Å²) in [7, 11) is -20.9. The van der Waals surface area contributed by atoms with Crippen LogP contribution in [-0.2, 0) is 172 Å². The van der Waals surface area contributed by atoms with Crippen molar-refractivity contribution >= 4 is 131 Å². The molecule has 0 aromatic carbocycles. The molecule has 12 saturated carbocycles. The van der Waals surface area contributed by atoms with E-state index < -0.39 is 206 Å². The number of amides is 2. The van der Waals surface area contributed by atoms with Crippen LogP contribution < -0.4 is 10.6 Å². The summed E-state index contributed by atoms with van der Waals surface area (Å²) in [5, 5.41) is 2.64. The van der Waals surface area contributed by atoms with Gasteiger partial charge in [0.05, 0.1) is 78.2 Å². The molecule has 12 aliphatic carbocycles. The number of hydrogen-bond acceptors (Lipinski definition) is 38. The Balaban J connectivity index is 0.000000137. The molecule has 46 heteroatoms. The zero-order valence-corrected chi connectivity index (χ0v) is 85.7. The molecule has 6 aliphatic heterocycles. The molecule has 39 nitrogen and oxygen atoms in total. The van der Waals surface area contributed by atoms with Crippen molar-refractivity contribution in [1.82, 2.24) is 10.6 Å². The van der Waals surface area contributed by atoms with Gasteiger partial charge in [0.15, 0.2) is 11.7 Å². The number of hydrogen-bond donors (Lipinski definition) is 2. The van der Waals surface area contributed by atoms with Gasteiger partial charge >= 0.3 is 47.9 Å². The zero-order valence-electron chi connectivity index (χ0n) is 80.0. The molecule has 18 aliphatic rings. The van der Waals surface area contributed by atoms with Crippen molar-refractivity contribution in [2.24, 2.45) is 104 Å². The van der Waals surface area contributed by atoms with Crippen LogP contribution in [0, 0.1) is 104 Å². The van der Waals surface area contributed by atoms with E-state index in [9.17, 15) is 98.5 Å². The highest BCUT2D eigenvalue weighted by atomic mass is 32.2. The summed E-state index contributed by atoms with van der Waals surface area (Å²) >= 11 is 0.966. The standard InChI is InChI=1S/C16H25NO7S.C15H23NO6S.C15H22O7S.C15H22O6S2.C15H24O6S.C13H20O5S/c1-4-16(2,3)14(18)22-6-5-17-15(19)23-12-9-7-10-11(8-9)25(20,21)24-13(10)12;1-4-15(2,3)14(18)16-7-11(17)21-12-8-5-9-10(6-8)23(19,20)22-13(9)12;1-4-15(2,3)14(17)20-7-11(16)21-12-8-5-9-10(6-8)23(18,19)22-13(9)12;1-4-15(2,3)14(17)22-7-11(16)20-12-8-5-9-10(6-8)23(18,19)21-13(9)12;1-4-15(2,3)14(16)20-6-5-19-12-9-7-10-11(8-9)22(17,18)21-13(10)12;1-4-13(2,3)12(14)17-10-7-5-8-9(6-7)19(15,16)18-11(8)10/h9-13H,4-8H2,1-3H3,(H,17,19);8-10,12-13H,4-7H2,1-3H3,(H,16,18);2*8-10,12-13H,4-7H2,1-3H3;9-13H,4-8H2,1-3H3;7-11H,4-6H2,1-3H3. The summed E-state index contributed by atoms with van der Waals surface area (Å²) in [6.45, 7) is 33.3. The zero-order chi connectivity index (χ0) is 99.5. The van der Waals surface area contributed by atoms with Crippen molar-refractivity contribution in [2.75, 3.05) is 45.3 Å². The average molecular weight is 2050 g/mol. The molecule has 135 heavy (non-hydrogen) atoms. The molecule has 0 radical (unpaired) electrons. The first kappa shape index (κ1) is 107. The number of fused-ring (bicyclic) bond motifs is 6. The Hall–Kier alpha value is -5.53. The molecule has 6 heterocycles. The van der Waals surface area contributed by atoms with Gasteiger partial charge in [-0.15, -0.1) is 0 Å². The summed E-state index contributed by atoms with van der Waals surface area (Å²) in [5.41, 5.74) is -3.22. The highest BCUT2D eigenvalue weighted by Crippen LogP contribution is 2.61. The fourth-order valence-electron chi connectivity index (χ4n) is 22.3. The summed E-state index contributed by atoms with van der Waals surface area (Å²) in [5.74, 6) is -2.77. The molecule has 766 valence electrons. The maximum atomic E-state index is 12.1. The SMILES string of the molecule is CCC(C)(C)C(=O)NCC(=O)OC1C2CC3C1OS(=O)(=O)C3C2.CCC(C)(C)C(=O)OC1C2CC3C1OS(=O)(=O)C3C2.CCC(C)(C)C(=O)OCC(=O)OC1C2CC3C1OS(=O)(=O)C3C2.CCC(C)(C)C(=O)OCCNC(=O)OC1C2CC3C1OS(=O)(=O)C3C2.CCC(C)(C)C(=O)OCCOC1C2CC3C1OS(=O)(=O)C3C2.CCC(C)(C)C(=O)SCC(=O)OC1C2CC3C1OS(=O)(=O)C3C2. The van der Waals surface area contributed by atoms with Gasteiger partial charge in [-0.1, -0.05) is 81.0 Å². The summed E-state index contributed by atoms with van der Waals surface area (Å²) in [6.07, 6.45) is 5.50. The van der Waals surface area contributed by atoms with E-state index in [1.54, 1.807) is 41.5 Å². The van der Waals surface area contributed by atoms with E-state index >= 15 is 0 Å². The number of esters is 7. The normalized spacial score (nSPS) is 37.6. The second kappa shape index (κ2) is 39.6. The van der Waals surface area contributed by atoms with E-state index in [0.29, 0.717) is 83.5 Å². The van der Waals surface area contributed by atoms with E-state index in [2.05, 4.69) is 10.6 Å². The molecule has 12 bridgehead atoms. The summed E-state index contributed by atoms with van der Waals surface area (Å²) < 4.78 is 221. The highest BCUT2D eigenvalue weighted by Gasteiger charge is 2.71. The van der Waals surface area contributed by atoms with E-state index in [0.717, 1.165) is 43.9 Å². The number of rotatable bonds is 30. The molecule has 30 unspecified atom stereocenters. The number of carbonyl (C=O) groups is 10. The van der Waals surface area contributed by atoms with Crippen LogP contribution in [-0.4, -0.2) is 259 Å². The minimum atomic E-state index is -3.53. The van der Waals surface area contributed by atoms with E-state index in [1.165, 1.54) is 0 Å². The van der Waals surface area contributed by atoms with Crippen LogP contribution >= 0.6 is 11.8 Å². The van der Waals surface area contributed by atoms with Crippen LogP contribution in [0.5, 0.6) is 0 Å². The summed E-state index contributed by atoms with van der Waals surface area (Å²) in [4.78, 5) is 120. The predicted molar refractivity (Wildman–Crippen MR) is 478 cm³/mol. The first-order chi connectivity index (χ1) is 62.6. The topological polar surface area (TPSA) is 538 Å². The molecule has 2 N–H and O–H groups in total. The Morgan fingerprint density at radius 2 is 0.585 bits per heavy atom. The third kappa shape index (κ3) is 21.7. The molecule has 0 aromatic heterocycles. The second-order valence-corrected chi connectivity index (χ2v) is 55.0. The van der Waals surface area contributed by atoms with Gasteiger partial charge in [0.2, 0.25) is 5.91 Å². The maximum Gasteiger partial charge on any atom is 0.407 e. The lowest BCUT2D eigenvalue weighted by Gasteiger charge is -2.29. The van der Waals surface area contributed by atoms with Crippen LogP contribution in [0.1, 0.15) is 240 Å². The van der Waals surface area contributed by atoms with Crippen molar-refractivity contribution in [3.63, 3.8) is 0 Å². The predicted octanol–water partition coefficient (Wildman–Crippen LogP) is 7.49. The van der Waals surface area contributed by atoms with Gasteiger partial charge in [0.1, 0.15) is 86.9 Å². The number of nitrogens with one attached hydrogen (secondary N) is 2. The van der Waals surface area contributed by atoms with Gasteiger partial charge in [-0.05, 0) is 177 Å². The van der Waals surface area contributed by atoms with E-state index in [1.807, 2.05) is 83.1 Å². The van der Waals surface area contributed by atoms with Gasteiger partial charge in [-0.3, -0.25) is 63.5 Å². The molecule has 6 saturated heterocycles. The lowest BCUT2D eigenvalue weighted by atomic mass is 9.89. The van der Waals surface area contributed by atoms with E-state index in [4.69, 9.17) is 67.7 Å². The first-order valence-electron chi connectivity index (χ1n) is 47.5. The van der Waals surface area contributed by atoms with Crippen molar-refractivity contribution < 1.29 is 166 Å². The molecule has 0 spiro atoms. The van der Waals surface area contributed by atoms with Crippen molar-refractivity contribution in [3.8, 4) is 0 Å². The minimum absolute atomic E-state index is 0.0130. The van der Waals surface area contributed by atoms with Crippen molar-refractivity contribution in [1.29, 1.82) is 0 Å². The lowest BCUT2D eigenvalue weighted by Crippen LogP contribution is -2.42. The quantitative estimate of drug-likeness (QED) is 0.0304. The molecule has 0 aromatic rings. The lowest BCUT2D eigenvalue weighted by molar-refractivity contribution is -0.171. The van der Waals surface area contributed by atoms with Gasteiger partial charge in [-0.2, -0.15) is 50.5 Å². The third-order valence-corrected chi connectivity index (χ3v) is 44.6. The van der Waals surface area contributed by atoms with Crippen LogP contribution in [0.2, 0.25) is 0 Å². The summed E-state index contributed by atoms with van der Waals surface area (Å²) in [6, 6.07) is 0. The Labute approximate surface area is 796 Å². The van der Waals surface area contributed by atoms with Gasteiger partial charge < -0.3 is 53.3 Å². The number of ether oxygens (including phenoxy) is 9. The highest BCUT2D eigenvalue weighted by molar-refractivity contribution is 8.14. The first-order valence-corrected chi connectivity index (χ1v) is 57.3. The Bertz CT molecular complexity index is 4990. The van der Waals surface area contributed by atoms with Crippen LogP contribution in [0.4, 0.5) is 4.79 Å². The van der Waals surface area contributed by atoms with Crippen molar-refractivity contribution in [3.05, 3.63) is 0 Å². The molecular formula is C89H136N2O37S7. The maximum absolute atomic E-state index is 12.1. The Morgan fingerprint density at radius 1 is 0.304 bits per heavy atom. The molecule has 18 rings (SSSR count). The molecule has 30 atom stereocenters. The smallest absolute Gasteiger partial charge is 0.407 e. The number of alkyl carbamates (subject to hydrolysis) is 1. The second-order valence-electron chi connectivity index (χ2n) is 43.3. The number of carbonyl (C=O) groups excluding carboxylic acids is 10. The van der Waals surface area contributed by atoms with Crippen molar-refractivity contribution in [2.45, 2.75) is 345 Å². The molecule has 18 fully saturated rings. The monoisotopic (exact) mass is 2050 g/mol. The van der Waals surface area contributed by atoms with Gasteiger partial charge in [-0.25, -0.2) is 9.59 Å². The fraction of sp³-hybridized carbons (Fsp3) is 0.888. The largest absolute Gasteiger partial charge is 0.463 e. The Kier molecular flexibility index (Phi) is 31.4. The van der Waals surface area contributed by atoms with E-state index in [-0.39, 0.29) is 167 Å².